The van der Waals surface area contributed by atoms with E-state index in [9.17, 15) is 17.6 Å². The van der Waals surface area contributed by atoms with E-state index >= 15 is 0 Å². The van der Waals surface area contributed by atoms with Crippen molar-refractivity contribution in [2.45, 2.75) is 55.1 Å². The van der Waals surface area contributed by atoms with Crippen molar-refractivity contribution in [2.75, 3.05) is 29.8 Å². The summed E-state index contributed by atoms with van der Waals surface area (Å²) in [6, 6.07) is 14.3. The van der Waals surface area contributed by atoms with Crippen LogP contribution >= 0.6 is 11.6 Å². The van der Waals surface area contributed by atoms with Crippen LogP contribution in [0.25, 0.3) is 0 Å². The van der Waals surface area contributed by atoms with Crippen molar-refractivity contribution in [3.8, 4) is 11.5 Å². The molecule has 1 saturated heterocycles. The van der Waals surface area contributed by atoms with E-state index in [0.717, 1.165) is 61.4 Å². The monoisotopic (exact) mass is 599 g/mol. The van der Waals surface area contributed by atoms with Gasteiger partial charge in [0.2, 0.25) is 5.91 Å². The number of benzene rings is 3. The Hall–Kier alpha value is -3.34. The maximum absolute atomic E-state index is 14.6. The molecule has 1 amide bonds. The maximum Gasteiger partial charge on any atom is 0.264 e. The number of ether oxygens (including phenoxy) is 2. The zero-order valence-electron chi connectivity index (χ0n) is 22.6. The van der Waals surface area contributed by atoms with Gasteiger partial charge in [0, 0.05) is 11.1 Å². The normalized spacial score (nSPS) is 18.2. The quantitative estimate of drug-likeness (QED) is 0.360. The minimum Gasteiger partial charge on any atom is -0.497 e. The summed E-state index contributed by atoms with van der Waals surface area (Å²) in [5, 5.41) is 3.42. The fourth-order valence-corrected chi connectivity index (χ4v) is 7.21. The van der Waals surface area contributed by atoms with Gasteiger partial charge in [-0.25, -0.2) is 12.8 Å². The van der Waals surface area contributed by atoms with Crippen LogP contribution in [0.2, 0.25) is 5.02 Å². The highest BCUT2D eigenvalue weighted by molar-refractivity contribution is 7.92. The molecule has 3 aromatic rings. The number of methoxy groups -OCH3 is 1. The second-order valence-corrected chi connectivity index (χ2v) is 12.9. The van der Waals surface area contributed by atoms with Crippen LogP contribution in [-0.4, -0.2) is 40.6 Å². The lowest BCUT2D eigenvalue weighted by molar-refractivity contribution is -0.126. The van der Waals surface area contributed by atoms with E-state index in [2.05, 4.69) is 10.0 Å². The molecule has 3 aliphatic rings. The van der Waals surface area contributed by atoms with Gasteiger partial charge in [-0.1, -0.05) is 30.2 Å². The number of hydrogen-bond donors (Lipinski definition) is 2. The summed E-state index contributed by atoms with van der Waals surface area (Å²) in [6.45, 7) is 1.93. The highest BCUT2D eigenvalue weighted by atomic mass is 35.5. The molecule has 8 nitrogen and oxygen atoms in total. The van der Waals surface area contributed by atoms with Gasteiger partial charge in [-0.2, -0.15) is 0 Å². The number of amides is 1. The van der Waals surface area contributed by atoms with E-state index < -0.39 is 26.2 Å². The molecule has 0 radical (unpaired) electrons. The summed E-state index contributed by atoms with van der Waals surface area (Å²) in [7, 11) is -2.69. The van der Waals surface area contributed by atoms with E-state index in [0.29, 0.717) is 30.8 Å². The first-order valence-corrected chi connectivity index (χ1v) is 15.5. The number of rotatable bonds is 8. The third-order valence-electron chi connectivity index (χ3n) is 8.24. The van der Waals surface area contributed by atoms with Gasteiger partial charge >= 0.3 is 0 Å². The third-order valence-corrected chi connectivity index (χ3v) is 9.89. The molecule has 0 atom stereocenters. The van der Waals surface area contributed by atoms with E-state index in [4.69, 9.17) is 21.1 Å². The Balaban J connectivity index is 1.43. The number of halogens is 2. The van der Waals surface area contributed by atoms with Crippen LogP contribution in [0.4, 0.5) is 15.8 Å². The molecule has 0 unspecified atom stereocenters. The SMILES string of the molecule is COc1ccc(CN2C(=O)C3(CCC3)c3cc(NS(=O)(=O)c4ccc(Cl)cc4F)cc(OC4CCNCC4)c32)cc1. The van der Waals surface area contributed by atoms with Crippen LogP contribution in [0.1, 0.15) is 43.2 Å². The molecule has 41 heavy (non-hydrogen) atoms. The first kappa shape index (κ1) is 27.8. The lowest BCUT2D eigenvalue weighted by Crippen LogP contribution is -2.44. The molecular formula is C30H31ClFN3O5S. The molecule has 0 aromatic heterocycles. The largest absolute Gasteiger partial charge is 0.497 e. The fourth-order valence-electron chi connectivity index (χ4n) is 5.95. The number of piperidine rings is 1. The number of hydrogen-bond acceptors (Lipinski definition) is 6. The number of nitrogens with zero attached hydrogens (tertiary/aromatic N) is 1. The van der Waals surface area contributed by atoms with Gasteiger partial charge in [-0.3, -0.25) is 9.52 Å². The van der Waals surface area contributed by atoms with Crippen molar-refractivity contribution in [2.24, 2.45) is 0 Å². The molecule has 1 saturated carbocycles. The Labute approximate surface area is 243 Å². The Bertz CT molecular complexity index is 1590. The average Bonchev–Trinajstić information content (AvgIpc) is 3.17. The smallest absolute Gasteiger partial charge is 0.264 e. The van der Waals surface area contributed by atoms with Crippen molar-refractivity contribution in [3.63, 3.8) is 0 Å². The molecule has 2 fully saturated rings. The van der Waals surface area contributed by atoms with Crippen LogP contribution in [0, 0.1) is 5.82 Å². The average molecular weight is 600 g/mol. The molecule has 2 heterocycles. The molecule has 216 valence electrons. The highest BCUT2D eigenvalue weighted by Crippen LogP contribution is 2.57. The van der Waals surface area contributed by atoms with Crippen molar-refractivity contribution in [1.29, 1.82) is 0 Å². The second kappa shape index (κ2) is 10.8. The van der Waals surface area contributed by atoms with E-state index in [1.807, 2.05) is 24.3 Å². The molecular weight excluding hydrogens is 569 g/mol. The Morgan fingerprint density at radius 3 is 2.46 bits per heavy atom. The number of anilines is 2. The summed E-state index contributed by atoms with van der Waals surface area (Å²) < 4.78 is 55.5. The topological polar surface area (TPSA) is 97.0 Å². The standard InChI is InChI=1S/C30H31ClFN3O5S/c1-39-22-6-3-19(4-7-22)18-35-28-24(30(29(35)36)11-2-12-30)16-21(17-26(28)40-23-9-13-33-14-10-23)34-41(37,38)27-8-5-20(31)15-25(27)32/h3-8,15-17,23,33-34H,2,9-14,18H2,1H3. The predicted molar refractivity (Wildman–Crippen MR) is 155 cm³/mol. The first-order chi connectivity index (χ1) is 19.7. The Kier molecular flexibility index (Phi) is 7.33. The minimum absolute atomic E-state index is 0.0199. The summed E-state index contributed by atoms with van der Waals surface area (Å²) in [6.07, 6.45) is 3.66. The van der Waals surface area contributed by atoms with E-state index in [-0.39, 0.29) is 22.7 Å². The first-order valence-electron chi connectivity index (χ1n) is 13.7. The maximum atomic E-state index is 14.6. The number of sulfonamides is 1. The molecule has 11 heteroatoms. The van der Waals surface area contributed by atoms with Gasteiger partial charge in [0.15, 0.2) is 0 Å². The Morgan fingerprint density at radius 2 is 1.83 bits per heavy atom. The molecule has 2 aliphatic heterocycles. The summed E-state index contributed by atoms with van der Waals surface area (Å²) in [5.41, 5.74) is 1.80. The van der Waals surface area contributed by atoms with E-state index in [1.165, 1.54) is 6.07 Å². The number of fused-ring (bicyclic) bond motifs is 2. The predicted octanol–water partition coefficient (Wildman–Crippen LogP) is 5.39. The molecule has 0 bridgehead atoms. The van der Waals surface area contributed by atoms with Gasteiger partial charge in [-0.15, -0.1) is 0 Å². The fraction of sp³-hybridized carbons (Fsp3) is 0.367. The Morgan fingerprint density at radius 1 is 1.10 bits per heavy atom. The second-order valence-electron chi connectivity index (χ2n) is 10.8. The summed E-state index contributed by atoms with van der Waals surface area (Å²) >= 11 is 5.84. The van der Waals surface area contributed by atoms with Crippen LogP contribution in [-0.2, 0) is 26.8 Å². The molecule has 1 spiro atoms. The zero-order valence-corrected chi connectivity index (χ0v) is 24.2. The molecule has 2 N–H and O–H groups in total. The molecule has 6 rings (SSSR count). The molecule has 1 aliphatic carbocycles. The van der Waals surface area contributed by atoms with Crippen molar-refractivity contribution < 1.29 is 27.1 Å². The van der Waals surface area contributed by atoms with Crippen LogP contribution in [0.3, 0.4) is 0 Å². The minimum atomic E-state index is -4.30. The van der Waals surface area contributed by atoms with Crippen molar-refractivity contribution in [1.82, 2.24) is 5.32 Å². The van der Waals surface area contributed by atoms with Gasteiger partial charge < -0.3 is 19.7 Å². The highest BCUT2D eigenvalue weighted by Gasteiger charge is 2.55. The summed E-state index contributed by atoms with van der Waals surface area (Å²) in [5.74, 6) is 0.192. The number of carbonyl (C=O) groups excluding carboxylic acids is 1. The van der Waals surface area contributed by atoms with Crippen LogP contribution in [0.15, 0.2) is 59.5 Å². The molecule has 3 aromatic carbocycles. The van der Waals surface area contributed by atoms with E-state index in [1.54, 1.807) is 24.1 Å². The van der Waals surface area contributed by atoms with Crippen molar-refractivity contribution >= 4 is 38.9 Å². The third kappa shape index (κ3) is 5.13. The van der Waals surface area contributed by atoms with Crippen LogP contribution in [0.5, 0.6) is 11.5 Å². The van der Waals surface area contributed by atoms with Gasteiger partial charge in [0.1, 0.15) is 28.3 Å². The van der Waals surface area contributed by atoms with Crippen molar-refractivity contribution in [3.05, 3.63) is 76.6 Å². The lowest BCUT2D eigenvalue weighted by atomic mass is 9.65. The van der Waals surface area contributed by atoms with Gasteiger partial charge in [0.25, 0.3) is 10.0 Å². The number of nitrogens with one attached hydrogen (secondary N) is 2. The van der Waals surface area contributed by atoms with Gasteiger partial charge in [-0.05, 0) is 86.3 Å². The zero-order chi connectivity index (χ0) is 28.8. The van der Waals surface area contributed by atoms with Gasteiger partial charge in [0.05, 0.1) is 30.4 Å². The number of carbonyl (C=O) groups is 1. The summed E-state index contributed by atoms with van der Waals surface area (Å²) in [4.78, 5) is 15.3. The van der Waals surface area contributed by atoms with Crippen LogP contribution < -0.4 is 24.4 Å². The lowest BCUT2D eigenvalue weighted by Gasteiger charge is -2.37.